The Morgan fingerprint density at radius 2 is 2.00 bits per heavy atom. The number of aldehydes is 1. The van der Waals surface area contributed by atoms with Crippen LogP contribution in [0.2, 0.25) is 0 Å². The zero-order valence-electron chi connectivity index (χ0n) is 8.97. The van der Waals surface area contributed by atoms with Gasteiger partial charge in [0.05, 0.1) is 6.42 Å². The monoisotopic (exact) mass is 230 g/mol. The molecule has 0 unspecified atom stereocenters. The highest BCUT2D eigenvalue weighted by Crippen LogP contribution is 1.96. The molecule has 2 amide bonds. The van der Waals surface area contributed by atoms with Crippen molar-refractivity contribution in [3.8, 4) is 0 Å². The molecule has 90 valence electrons. The Bertz CT molecular complexity index is 267. The number of carbonyl (C=O) groups excluding carboxylic acids is 4. The summed E-state index contributed by atoms with van der Waals surface area (Å²) in [5, 5.41) is 3.07. The van der Waals surface area contributed by atoms with E-state index < -0.39 is 11.9 Å². The van der Waals surface area contributed by atoms with E-state index in [-0.39, 0.29) is 25.8 Å². The zero-order chi connectivity index (χ0) is 12.4. The van der Waals surface area contributed by atoms with Crippen LogP contribution in [-0.4, -0.2) is 43.2 Å². The van der Waals surface area contributed by atoms with Gasteiger partial charge < -0.3 is 14.9 Å². The first-order valence-corrected chi connectivity index (χ1v) is 4.69. The van der Waals surface area contributed by atoms with Crippen molar-refractivity contribution in [1.82, 2.24) is 10.4 Å². The van der Waals surface area contributed by atoms with Gasteiger partial charge in [-0.05, 0) is 0 Å². The third-order valence-corrected chi connectivity index (χ3v) is 1.62. The Hall–Kier alpha value is -1.92. The van der Waals surface area contributed by atoms with Crippen molar-refractivity contribution in [3.05, 3.63) is 0 Å². The molecule has 1 N–H and O–H groups in total. The van der Waals surface area contributed by atoms with Gasteiger partial charge in [-0.1, -0.05) is 0 Å². The highest BCUT2D eigenvalue weighted by atomic mass is 16.7. The lowest BCUT2D eigenvalue weighted by atomic mass is 10.3. The van der Waals surface area contributed by atoms with E-state index in [4.69, 9.17) is 0 Å². The summed E-state index contributed by atoms with van der Waals surface area (Å²) in [5.74, 6) is -1.08. The van der Waals surface area contributed by atoms with Gasteiger partial charge in [-0.3, -0.25) is 9.59 Å². The van der Waals surface area contributed by atoms with Crippen LogP contribution in [0.5, 0.6) is 0 Å². The fourth-order valence-electron chi connectivity index (χ4n) is 0.822. The van der Waals surface area contributed by atoms with Gasteiger partial charge in [-0.25, -0.2) is 4.79 Å². The number of hydroxylamine groups is 2. The number of nitrogens with zero attached hydrogens (tertiary/aromatic N) is 1. The van der Waals surface area contributed by atoms with E-state index in [1.807, 2.05) is 0 Å². The summed E-state index contributed by atoms with van der Waals surface area (Å²) in [6, 6.07) is 0. The van der Waals surface area contributed by atoms with Crippen LogP contribution in [0.3, 0.4) is 0 Å². The van der Waals surface area contributed by atoms with E-state index in [9.17, 15) is 19.2 Å². The van der Waals surface area contributed by atoms with Crippen LogP contribution < -0.4 is 5.32 Å². The lowest BCUT2D eigenvalue weighted by Gasteiger charge is -2.15. The molecule has 0 atom stereocenters. The Morgan fingerprint density at radius 3 is 2.56 bits per heavy atom. The summed E-state index contributed by atoms with van der Waals surface area (Å²) >= 11 is 0. The number of hydrogen-bond donors (Lipinski definition) is 1. The lowest BCUT2D eigenvalue weighted by molar-refractivity contribution is -0.192. The molecule has 0 rings (SSSR count). The minimum Gasteiger partial charge on any atom is -0.358 e. The summed E-state index contributed by atoms with van der Waals surface area (Å²) in [7, 11) is 1.29. The minimum atomic E-state index is -0.628. The molecule has 0 radical (unpaired) electrons. The van der Waals surface area contributed by atoms with E-state index in [2.05, 4.69) is 10.2 Å². The molecule has 0 bridgehead atoms. The molecule has 0 aliphatic rings. The number of hydrogen-bond acceptors (Lipinski definition) is 5. The lowest BCUT2D eigenvalue weighted by Crippen LogP contribution is -2.30. The van der Waals surface area contributed by atoms with E-state index in [0.29, 0.717) is 12.7 Å². The molecular weight excluding hydrogens is 216 g/mol. The molecule has 0 saturated heterocycles. The van der Waals surface area contributed by atoms with Crippen LogP contribution in [0.15, 0.2) is 0 Å². The average molecular weight is 230 g/mol. The van der Waals surface area contributed by atoms with Crippen LogP contribution in [-0.2, 0) is 24.0 Å². The van der Waals surface area contributed by atoms with Crippen LogP contribution in [0.4, 0.5) is 0 Å². The number of amides is 2. The smallest absolute Gasteiger partial charge is 0.334 e. The first-order valence-electron chi connectivity index (χ1n) is 4.69. The molecule has 7 nitrogen and oxygen atoms in total. The van der Waals surface area contributed by atoms with Gasteiger partial charge in [0.25, 0.3) is 5.91 Å². The maximum absolute atomic E-state index is 11.2. The second kappa shape index (κ2) is 8.39. The van der Waals surface area contributed by atoms with E-state index in [0.717, 1.165) is 5.06 Å². The van der Waals surface area contributed by atoms with Crippen molar-refractivity contribution >= 4 is 24.6 Å². The molecule has 0 fully saturated rings. The van der Waals surface area contributed by atoms with Crippen molar-refractivity contribution in [1.29, 1.82) is 0 Å². The summed E-state index contributed by atoms with van der Waals surface area (Å²) in [5.41, 5.74) is 0. The highest BCUT2D eigenvalue weighted by molar-refractivity contribution is 5.79. The standard InChI is InChI=1S/C9H14N2O5/c1-11(8(14)3-2-6-12)16-9(15)4-5-10-7-13/h6-7H,2-5H2,1H3,(H,10,13). The van der Waals surface area contributed by atoms with Crippen molar-refractivity contribution in [2.75, 3.05) is 13.6 Å². The fourth-order valence-corrected chi connectivity index (χ4v) is 0.822. The van der Waals surface area contributed by atoms with Gasteiger partial charge >= 0.3 is 5.97 Å². The molecule has 7 heteroatoms. The van der Waals surface area contributed by atoms with Gasteiger partial charge in [0.1, 0.15) is 6.29 Å². The Labute approximate surface area is 92.7 Å². The van der Waals surface area contributed by atoms with Gasteiger partial charge in [0, 0.05) is 26.4 Å². The van der Waals surface area contributed by atoms with E-state index >= 15 is 0 Å². The first kappa shape index (κ1) is 14.1. The van der Waals surface area contributed by atoms with Gasteiger partial charge in [-0.15, -0.1) is 0 Å². The number of carbonyl (C=O) groups is 4. The van der Waals surface area contributed by atoms with E-state index in [1.54, 1.807) is 0 Å². The maximum atomic E-state index is 11.2. The van der Waals surface area contributed by atoms with Crippen molar-refractivity contribution in [2.45, 2.75) is 19.3 Å². The summed E-state index contributed by atoms with van der Waals surface area (Å²) in [6.45, 7) is 0.151. The molecule has 0 aliphatic carbocycles. The molecular formula is C9H14N2O5. The summed E-state index contributed by atoms with van der Waals surface area (Å²) in [6.07, 6.45) is 1.14. The molecule has 0 aromatic carbocycles. The molecule has 16 heavy (non-hydrogen) atoms. The normalized spacial score (nSPS) is 9.06. The second-order valence-corrected chi connectivity index (χ2v) is 2.88. The highest BCUT2D eigenvalue weighted by Gasteiger charge is 2.13. The third-order valence-electron chi connectivity index (χ3n) is 1.62. The Kier molecular flexibility index (Phi) is 7.39. The molecule has 0 spiro atoms. The van der Waals surface area contributed by atoms with Gasteiger partial charge in [0.2, 0.25) is 6.41 Å². The molecule has 0 aliphatic heterocycles. The average Bonchev–Trinajstić information content (AvgIpc) is 2.26. The van der Waals surface area contributed by atoms with Crippen LogP contribution in [0, 0.1) is 0 Å². The Balaban J connectivity index is 3.79. The molecule has 0 aromatic heterocycles. The van der Waals surface area contributed by atoms with Crippen molar-refractivity contribution in [3.63, 3.8) is 0 Å². The second-order valence-electron chi connectivity index (χ2n) is 2.88. The third kappa shape index (κ3) is 6.52. The number of nitrogens with one attached hydrogen (secondary N) is 1. The van der Waals surface area contributed by atoms with Gasteiger partial charge in [0.15, 0.2) is 0 Å². The topological polar surface area (TPSA) is 92.8 Å². The minimum absolute atomic E-state index is 0.000131. The quantitative estimate of drug-likeness (QED) is 0.344. The molecule has 0 saturated carbocycles. The molecule has 0 aromatic rings. The SMILES string of the molecule is CN(OC(=O)CCNC=O)C(=O)CCC=O. The van der Waals surface area contributed by atoms with Crippen molar-refractivity contribution < 1.29 is 24.0 Å². The molecule has 0 heterocycles. The van der Waals surface area contributed by atoms with Crippen LogP contribution >= 0.6 is 0 Å². The summed E-state index contributed by atoms with van der Waals surface area (Å²) in [4.78, 5) is 46.8. The number of rotatable bonds is 7. The predicted octanol–water partition coefficient (Wildman–Crippen LogP) is -0.982. The first-order chi connectivity index (χ1) is 7.61. The zero-order valence-corrected chi connectivity index (χ0v) is 8.97. The Morgan fingerprint density at radius 1 is 1.31 bits per heavy atom. The largest absolute Gasteiger partial charge is 0.358 e. The van der Waals surface area contributed by atoms with E-state index in [1.165, 1.54) is 7.05 Å². The fraction of sp³-hybridized carbons (Fsp3) is 0.556. The summed E-state index contributed by atoms with van der Waals surface area (Å²) < 4.78 is 0. The predicted molar refractivity (Wildman–Crippen MR) is 52.8 cm³/mol. The van der Waals surface area contributed by atoms with Crippen LogP contribution in [0.1, 0.15) is 19.3 Å². The van der Waals surface area contributed by atoms with Crippen LogP contribution in [0.25, 0.3) is 0 Å². The van der Waals surface area contributed by atoms with Crippen molar-refractivity contribution in [2.24, 2.45) is 0 Å². The maximum Gasteiger partial charge on any atom is 0.334 e. The van der Waals surface area contributed by atoms with Gasteiger partial charge in [-0.2, -0.15) is 5.06 Å².